The maximum atomic E-state index is 14.4. The van der Waals surface area contributed by atoms with Gasteiger partial charge in [0.15, 0.2) is 6.61 Å². The molecule has 0 amide bonds. The molecule has 3 atom stereocenters. The highest BCUT2D eigenvalue weighted by molar-refractivity contribution is 5.67. The highest BCUT2D eigenvalue weighted by Crippen LogP contribution is 2.36. The van der Waals surface area contributed by atoms with Crippen molar-refractivity contribution in [2.75, 3.05) is 38.7 Å². The summed E-state index contributed by atoms with van der Waals surface area (Å²) in [6, 6.07) is 7.93. The maximum absolute atomic E-state index is 14.4. The average Bonchev–Trinajstić information content (AvgIpc) is 3.77. The number of halogens is 2. The third kappa shape index (κ3) is 9.31. The van der Waals surface area contributed by atoms with E-state index in [2.05, 4.69) is 65.5 Å². The summed E-state index contributed by atoms with van der Waals surface area (Å²) in [6.07, 6.45) is 10.4. The molecule has 2 fully saturated rings. The van der Waals surface area contributed by atoms with Crippen LogP contribution < -0.4 is 14.8 Å². The van der Waals surface area contributed by atoms with Crippen molar-refractivity contribution < 1.29 is 27.7 Å². The molecular weight excluding hydrogens is 664 g/mol. The van der Waals surface area contributed by atoms with Crippen molar-refractivity contribution >= 4 is 11.6 Å². The fourth-order valence-electron chi connectivity index (χ4n) is 6.72. The molecule has 1 aromatic carbocycles. The zero-order chi connectivity index (χ0) is 36.0. The van der Waals surface area contributed by atoms with Crippen LogP contribution in [0.3, 0.4) is 0 Å². The molecule has 15 nitrogen and oxygen atoms in total. The molecule has 0 spiro atoms. The van der Waals surface area contributed by atoms with Crippen LogP contribution in [-0.4, -0.2) is 109 Å². The standard InChI is InChI=1S/C34H43F2N11O4/c1-22-15-45(16-23(2)50-22)28-7-9-29(10-8-28)47-18-30(32(42-47)49-20-34(35,36)19-48-4)41-33-38-13-27(14-39-33)25-5-6-26(12-37)31(11-25)51-24(3)17-46-21-40-43-44-46/h5-6,11,13-14,18,21-24,28-29H,7-10,15-17,19-20H2,1-4H3,(H,38,39,41)/t22-,23+,24-,28-,29-/m0/s1. The minimum absolute atomic E-state index is 0.0288. The normalized spacial score (nSPS) is 21.9. The number of anilines is 2. The molecule has 0 bridgehead atoms. The van der Waals surface area contributed by atoms with E-state index >= 15 is 0 Å². The largest absolute Gasteiger partial charge is 0.487 e. The molecule has 17 heteroatoms. The van der Waals surface area contributed by atoms with Gasteiger partial charge in [0.25, 0.3) is 5.88 Å². The maximum Gasteiger partial charge on any atom is 0.304 e. The fourth-order valence-corrected chi connectivity index (χ4v) is 6.72. The van der Waals surface area contributed by atoms with Gasteiger partial charge in [0, 0.05) is 44.2 Å². The molecule has 4 heterocycles. The summed E-state index contributed by atoms with van der Waals surface area (Å²) in [5.74, 6) is -2.54. The zero-order valence-electron chi connectivity index (χ0n) is 29.2. The summed E-state index contributed by atoms with van der Waals surface area (Å²) in [6.45, 7) is 6.65. The molecule has 1 aliphatic heterocycles. The predicted octanol–water partition coefficient (Wildman–Crippen LogP) is 4.66. The molecule has 51 heavy (non-hydrogen) atoms. The Morgan fingerprint density at radius 1 is 1.06 bits per heavy atom. The quantitative estimate of drug-likeness (QED) is 0.193. The zero-order valence-corrected chi connectivity index (χ0v) is 29.2. The monoisotopic (exact) mass is 707 g/mol. The van der Waals surface area contributed by atoms with Gasteiger partial charge in [0.1, 0.15) is 36.5 Å². The topological polar surface area (TPSA) is 163 Å². The summed E-state index contributed by atoms with van der Waals surface area (Å²) in [7, 11) is 1.22. The summed E-state index contributed by atoms with van der Waals surface area (Å²) in [4.78, 5) is 11.5. The Labute approximate surface area is 294 Å². The van der Waals surface area contributed by atoms with Crippen LogP contribution in [0, 0.1) is 11.3 Å². The molecule has 3 aromatic heterocycles. The van der Waals surface area contributed by atoms with Crippen LogP contribution in [0.4, 0.5) is 20.4 Å². The molecule has 272 valence electrons. The molecule has 6 rings (SSSR count). The Hall–Kier alpha value is -4.79. The number of hydrogen-bond acceptors (Lipinski definition) is 13. The van der Waals surface area contributed by atoms with Crippen LogP contribution in [0.2, 0.25) is 0 Å². The number of benzene rings is 1. The van der Waals surface area contributed by atoms with E-state index in [-0.39, 0.29) is 36.2 Å². The smallest absolute Gasteiger partial charge is 0.304 e. The number of nitrogens with one attached hydrogen (secondary N) is 1. The van der Waals surface area contributed by atoms with Gasteiger partial charge in [-0.1, -0.05) is 6.07 Å². The minimum Gasteiger partial charge on any atom is -0.487 e. The lowest BCUT2D eigenvalue weighted by Crippen LogP contribution is -2.51. The Kier molecular flexibility index (Phi) is 11.3. The van der Waals surface area contributed by atoms with Crippen molar-refractivity contribution in [1.29, 1.82) is 5.26 Å². The third-order valence-corrected chi connectivity index (χ3v) is 8.98. The second-order valence-corrected chi connectivity index (χ2v) is 13.3. The van der Waals surface area contributed by atoms with E-state index < -0.39 is 19.1 Å². The predicted molar refractivity (Wildman–Crippen MR) is 181 cm³/mol. The average molecular weight is 708 g/mol. The number of methoxy groups -OCH3 is 1. The second-order valence-electron chi connectivity index (χ2n) is 13.3. The highest BCUT2D eigenvalue weighted by atomic mass is 19.3. The minimum atomic E-state index is -3.20. The van der Waals surface area contributed by atoms with Crippen LogP contribution in [0.15, 0.2) is 43.1 Å². The number of hydrogen-bond donors (Lipinski definition) is 1. The van der Waals surface area contributed by atoms with Gasteiger partial charge in [0.05, 0.1) is 36.6 Å². The number of rotatable bonds is 14. The van der Waals surface area contributed by atoms with Crippen molar-refractivity contribution in [3.8, 4) is 28.8 Å². The second kappa shape index (κ2) is 16.0. The molecular formula is C34H43F2N11O4. The van der Waals surface area contributed by atoms with E-state index in [1.807, 2.05) is 6.92 Å². The number of morpholine rings is 1. The lowest BCUT2D eigenvalue weighted by atomic mass is 9.89. The number of nitriles is 1. The first-order valence-corrected chi connectivity index (χ1v) is 17.1. The van der Waals surface area contributed by atoms with Gasteiger partial charge in [0.2, 0.25) is 5.95 Å². The lowest BCUT2D eigenvalue weighted by Gasteiger charge is -2.42. The molecule has 1 aliphatic carbocycles. The summed E-state index contributed by atoms with van der Waals surface area (Å²) in [5, 5.41) is 28.5. The van der Waals surface area contributed by atoms with Crippen molar-refractivity contribution in [1.82, 2.24) is 44.9 Å². The Bertz CT molecular complexity index is 1750. The van der Waals surface area contributed by atoms with Crippen LogP contribution in [-0.2, 0) is 16.0 Å². The molecule has 4 aromatic rings. The third-order valence-electron chi connectivity index (χ3n) is 8.98. The van der Waals surface area contributed by atoms with Gasteiger partial charge >= 0.3 is 5.92 Å². The van der Waals surface area contributed by atoms with E-state index in [9.17, 15) is 14.0 Å². The van der Waals surface area contributed by atoms with Crippen LogP contribution in [0.25, 0.3) is 11.1 Å². The SMILES string of the molecule is COCC(F)(F)COc1nn([C@H]2CC[C@H](N3C[C@@H](C)O[C@@H](C)C3)CC2)cc1Nc1ncc(-c2ccc(C#N)c(O[C@@H](C)Cn3cnnn3)c2)cn1. The molecule has 1 N–H and O–H groups in total. The Morgan fingerprint density at radius 2 is 1.78 bits per heavy atom. The van der Waals surface area contributed by atoms with Crippen molar-refractivity contribution in [3.63, 3.8) is 0 Å². The van der Waals surface area contributed by atoms with Crippen LogP contribution in [0.1, 0.15) is 58.1 Å². The molecule has 1 saturated heterocycles. The highest BCUT2D eigenvalue weighted by Gasteiger charge is 2.34. The van der Waals surface area contributed by atoms with Crippen molar-refractivity contribution in [2.24, 2.45) is 0 Å². The first-order chi connectivity index (χ1) is 24.6. The van der Waals surface area contributed by atoms with Gasteiger partial charge in [-0.25, -0.2) is 23.4 Å². The van der Waals surface area contributed by atoms with Crippen LogP contribution >= 0.6 is 0 Å². The number of tetrazole rings is 1. The van der Waals surface area contributed by atoms with E-state index in [1.165, 1.54) is 13.4 Å². The number of ether oxygens (including phenoxy) is 4. The Balaban J connectivity index is 1.15. The number of nitrogens with zero attached hydrogens (tertiary/aromatic N) is 10. The van der Waals surface area contributed by atoms with E-state index in [0.717, 1.165) is 44.3 Å². The molecule has 1 saturated carbocycles. The van der Waals surface area contributed by atoms with E-state index in [0.29, 0.717) is 35.2 Å². The number of aromatic nitrogens is 8. The van der Waals surface area contributed by atoms with Crippen LogP contribution in [0.5, 0.6) is 11.6 Å². The van der Waals surface area contributed by atoms with E-state index in [1.54, 1.807) is 46.2 Å². The number of alkyl halides is 2. The van der Waals surface area contributed by atoms with Crippen molar-refractivity contribution in [3.05, 3.63) is 48.7 Å². The van der Waals surface area contributed by atoms with Crippen molar-refractivity contribution in [2.45, 2.75) is 89.3 Å². The first-order valence-electron chi connectivity index (χ1n) is 17.1. The molecule has 0 unspecified atom stereocenters. The summed E-state index contributed by atoms with van der Waals surface area (Å²) < 4.78 is 54.3. The molecule has 2 aliphatic rings. The first kappa shape index (κ1) is 36.0. The van der Waals surface area contributed by atoms with Gasteiger partial charge in [-0.3, -0.25) is 9.58 Å². The summed E-state index contributed by atoms with van der Waals surface area (Å²) >= 11 is 0. The summed E-state index contributed by atoms with van der Waals surface area (Å²) in [5.41, 5.74) is 2.16. The van der Waals surface area contributed by atoms with Gasteiger partial charge in [-0.15, -0.1) is 10.2 Å². The molecule has 0 radical (unpaired) electrons. The lowest BCUT2D eigenvalue weighted by molar-refractivity contribution is -0.0918. The fraction of sp³-hybridized carbons (Fsp3) is 0.559. The van der Waals surface area contributed by atoms with Gasteiger partial charge < -0.3 is 24.3 Å². The van der Waals surface area contributed by atoms with Gasteiger partial charge in [-0.05, 0) is 74.6 Å². The Morgan fingerprint density at radius 3 is 2.45 bits per heavy atom. The van der Waals surface area contributed by atoms with E-state index in [4.69, 9.17) is 14.2 Å². The van der Waals surface area contributed by atoms with Gasteiger partial charge in [-0.2, -0.15) is 5.26 Å².